The van der Waals surface area contributed by atoms with E-state index < -0.39 is 11.7 Å². The topological polar surface area (TPSA) is 66.9 Å². The molecule has 0 radical (unpaired) electrons. The van der Waals surface area contributed by atoms with Crippen LogP contribution in [0.4, 0.5) is 24.7 Å². The molecule has 2 heterocycles. The maximum Gasteiger partial charge on any atom is 0.417 e. The van der Waals surface area contributed by atoms with Gasteiger partial charge in [-0.05, 0) is 60.7 Å². The highest BCUT2D eigenvalue weighted by Gasteiger charge is 2.30. The molecule has 170 valence electrons. The number of halogens is 3. The quantitative estimate of drug-likeness (QED) is 0.501. The number of carbonyl (C=O) groups is 1. The standard InChI is InChI=1S/C25H23F3N4O/c26-25(27,28)21-8-9-23(30-16-21)32-22-5-1-3-17(13-22)11-18-6-7-20(12-18)24(33)31-15-19-4-2-10-29-14-19/h1-5,8-11,13-14,16,20H,6-7,12,15H2,(H,30,32)(H,31,33)/b18-11+. The number of amides is 1. The lowest BCUT2D eigenvalue weighted by Gasteiger charge is -2.10. The molecule has 1 saturated carbocycles. The fourth-order valence-electron chi connectivity index (χ4n) is 3.80. The molecule has 0 aliphatic heterocycles. The maximum absolute atomic E-state index is 12.7. The number of pyridine rings is 2. The van der Waals surface area contributed by atoms with Crippen molar-refractivity contribution in [3.63, 3.8) is 0 Å². The Balaban J connectivity index is 1.35. The van der Waals surface area contributed by atoms with Gasteiger partial charge in [0.25, 0.3) is 0 Å². The average Bonchev–Trinajstić information content (AvgIpc) is 3.27. The van der Waals surface area contributed by atoms with Crippen LogP contribution in [0.5, 0.6) is 0 Å². The second-order valence-electron chi connectivity index (χ2n) is 8.00. The lowest BCUT2D eigenvalue weighted by molar-refractivity contribution is -0.137. The molecule has 4 rings (SSSR count). The Morgan fingerprint density at radius 1 is 1.12 bits per heavy atom. The molecule has 5 nitrogen and oxygen atoms in total. The molecule has 0 spiro atoms. The van der Waals surface area contributed by atoms with Crippen LogP contribution in [0.3, 0.4) is 0 Å². The molecule has 1 aromatic carbocycles. The molecule has 0 saturated heterocycles. The van der Waals surface area contributed by atoms with Crippen LogP contribution in [0.1, 0.15) is 36.0 Å². The molecular weight excluding hydrogens is 429 g/mol. The van der Waals surface area contributed by atoms with Crippen LogP contribution in [-0.4, -0.2) is 15.9 Å². The van der Waals surface area contributed by atoms with Crippen molar-refractivity contribution in [1.29, 1.82) is 0 Å². The van der Waals surface area contributed by atoms with Gasteiger partial charge in [-0.3, -0.25) is 9.78 Å². The van der Waals surface area contributed by atoms with Gasteiger partial charge in [0.1, 0.15) is 5.82 Å². The number of allylic oxidation sites excluding steroid dienone is 1. The van der Waals surface area contributed by atoms with Crippen molar-refractivity contribution < 1.29 is 18.0 Å². The highest BCUT2D eigenvalue weighted by atomic mass is 19.4. The van der Waals surface area contributed by atoms with E-state index in [1.165, 1.54) is 11.6 Å². The van der Waals surface area contributed by atoms with Crippen LogP contribution < -0.4 is 10.6 Å². The van der Waals surface area contributed by atoms with Crippen LogP contribution in [0.15, 0.2) is 72.7 Å². The average molecular weight is 452 g/mol. The summed E-state index contributed by atoms with van der Waals surface area (Å²) in [5.41, 5.74) is 3.05. The summed E-state index contributed by atoms with van der Waals surface area (Å²) >= 11 is 0. The van der Waals surface area contributed by atoms with Crippen LogP contribution in [0.25, 0.3) is 6.08 Å². The van der Waals surface area contributed by atoms with Crippen molar-refractivity contribution in [2.75, 3.05) is 5.32 Å². The summed E-state index contributed by atoms with van der Waals surface area (Å²) in [4.78, 5) is 20.4. The van der Waals surface area contributed by atoms with Crippen molar-refractivity contribution >= 4 is 23.5 Å². The van der Waals surface area contributed by atoms with Crippen molar-refractivity contribution in [3.8, 4) is 0 Å². The Morgan fingerprint density at radius 2 is 2.00 bits per heavy atom. The number of aromatic nitrogens is 2. The highest BCUT2D eigenvalue weighted by molar-refractivity contribution is 5.80. The molecule has 1 unspecified atom stereocenters. The lowest BCUT2D eigenvalue weighted by atomic mass is 10.1. The van der Waals surface area contributed by atoms with E-state index in [4.69, 9.17) is 0 Å². The summed E-state index contributed by atoms with van der Waals surface area (Å²) in [6, 6.07) is 13.6. The molecular formula is C25H23F3N4O. The summed E-state index contributed by atoms with van der Waals surface area (Å²) in [7, 11) is 0. The zero-order valence-electron chi connectivity index (χ0n) is 17.8. The zero-order chi connectivity index (χ0) is 23.3. The van der Waals surface area contributed by atoms with Gasteiger partial charge in [0, 0.05) is 36.7 Å². The normalized spacial score (nSPS) is 17.2. The van der Waals surface area contributed by atoms with Crippen molar-refractivity contribution in [2.45, 2.75) is 32.0 Å². The SMILES string of the molecule is O=C(NCc1cccnc1)C1CC/C(=C\c2cccc(Nc3ccc(C(F)(F)F)cn3)c2)C1. The molecule has 2 N–H and O–H groups in total. The van der Waals surface area contributed by atoms with Crippen LogP contribution in [0.2, 0.25) is 0 Å². The van der Waals surface area contributed by atoms with Crippen molar-refractivity contribution in [1.82, 2.24) is 15.3 Å². The van der Waals surface area contributed by atoms with Gasteiger partial charge < -0.3 is 10.6 Å². The molecule has 1 amide bonds. The Bertz CT molecular complexity index is 1130. The van der Waals surface area contributed by atoms with Crippen LogP contribution in [0, 0.1) is 5.92 Å². The molecule has 8 heteroatoms. The minimum absolute atomic E-state index is 0.0473. The Labute approximate surface area is 189 Å². The smallest absolute Gasteiger partial charge is 0.352 e. The minimum Gasteiger partial charge on any atom is -0.352 e. The molecule has 1 aliphatic rings. The third-order valence-electron chi connectivity index (χ3n) is 5.50. The van der Waals surface area contributed by atoms with Gasteiger partial charge in [0.15, 0.2) is 0 Å². The second kappa shape index (κ2) is 9.85. The molecule has 1 aliphatic carbocycles. The van der Waals surface area contributed by atoms with E-state index in [-0.39, 0.29) is 11.8 Å². The molecule has 0 bridgehead atoms. The largest absolute Gasteiger partial charge is 0.417 e. The zero-order valence-corrected chi connectivity index (χ0v) is 17.8. The predicted molar refractivity (Wildman–Crippen MR) is 120 cm³/mol. The Morgan fingerprint density at radius 3 is 2.73 bits per heavy atom. The Kier molecular flexibility index (Phi) is 6.72. The fraction of sp³-hybridized carbons (Fsp3) is 0.240. The minimum atomic E-state index is -4.41. The van der Waals surface area contributed by atoms with E-state index in [0.29, 0.717) is 18.8 Å². The van der Waals surface area contributed by atoms with E-state index in [1.807, 2.05) is 36.4 Å². The summed E-state index contributed by atoms with van der Waals surface area (Å²) in [5.74, 6) is 0.329. The lowest BCUT2D eigenvalue weighted by Crippen LogP contribution is -2.28. The van der Waals surface area contributed by atoms with Gasteiger partial charge in [0.2, 0.25) is 5.91 Å². The van der Waals surface area contributed by atoms with E-state index in [2.05, 4.69) is 26.7 Å². The number of rotatable bonds is 6. The van der Waals surface area contributed by atoms with E-state index in [9.17, 15) is 18.0 Å². The van der Waals surface area contributed by atoms with E-state index >= 15 is 0 Å². The Hall–Kier alpha value is -3.68. The first-order valence-corrected chi connectivity index (χ1v) is 10.6. The molecule has 2 aromatic heterocycles. The third-order valence-corrected chi connectivity index (χ3v) is 5.50. The number of hydrogen-bond donors (Lipinski definition) is 2. The monoisotopic (exact) mass is 452 g/mol. The third kappa shape index (κ3) is 6.19. The van der Waals surface area contributed by atoms with Gasteiger partial charge in [-0.1, -0.05) is 29.8 Å². The number of hydrogen-bond acceptors (Lipinski definition) is 4. The van der Waals surface area contributed by atoms with Gasteiger partial charge >= 0.3 is 6.18 Å². The van der Waals surface area contributed by atoms with Crippen LogP contribution in [-0.2, 0) is 17.5 Å². The summed E-state index contributed by atoms with van der Waals surface area (Å²) in [6.07, 6.45) is 4.27. The number of alkyl halides is 3. The van der Waals surface area contributed by atoms with Gasteiger partial charge in [0.05, 0.1) is 5.56 Å². The summed E-state index contributed by atoms with van der Waals surface area (Å²) in [5, 5.41) is 6.01. The highest BCUT2D eigenvalue weighted by Crippen LogP contribution is 2.33. The van der Waals surface area contributed by atoms with Gasteiger partial charge in [-0.15, -0.1) is 0 Å². The van der Waals surface area contributed by atoms with E-state index in [0.717, 1.165) is 41.9 Å². The van der Waals surface area contributed by atoms with Crippen LogP contribution >= 0.6 is 0 Å². The molecule has 3 aromatic rings. The maximum atomic E-state index is 12.7. The summed E-state index contributed by atoms with van der Waals surface area (Å²) < 4.78 is 38.1. The number of carbonyl (C=O) groups excluding carboxylic acids is 1. The molecule has 1 atom stereocenters. The first-order valence-electron chi connectivity index (χ1n) is 10.6. The van der Waals surface area contributed by atoms with Crippen molar-refractivity contribution in [2.24, 2.45) is 5.92 Å². The number of nitrogens with one attached hydrogen (secondary N) is 2. The van der Waals surface area contributed by atoms with Gasteiger partial charge in [-0.25, -0.2) is 4.98 Å². The second-order valence-corrected chi connectivity index (χ2v) is 8.00. The van der Waals surface area contributed by atoms with E-state index in [1.54, 1.807) is 12.4 Å². The molecule has 33 heavy (non-hydrogen) atoms. The number of benzene rings is 1. The van der Waals surface area contributed by atoms with Crippen molar-refractivity contribution in [3.05, 3.63) is 89.4 Å². The summed E-state index contributed by atoms with van der Waals surface area (Å²) in [6.45, 7) is 0.466. The first-order chi connectivity index (χ1) is 15.9. The fourth-order valence-corrected chi connectivity index (χ4v) is 3.80. The predicted octanol–water partition coefficient (Wildman–Crippen LogP) is 5.74. The molecule has 1 fully saturated rings. The number of nitrogens with zero attached hydrogens (tertiary/aromatic N) is 2. The number of anilines is 2. The first kappa shape index (κ1) is 22.5. The van der Waals surface area contributed by atoms with Gasteiger partial charge in [-0.2, -0.15) is 13.2 Å².